The first-order valence-electron chi connectivity index (χ1n) is 6.00. The first-order valence-corrected chi connectivity index (χ1v) is 6.38. The van der Waals surface area contributed by atoms with Crippen molar-refractivity contribution in [1.29, 1.82) is 0 Å². The summed E-state index contributed by atoms with van der Waals surface area (Å²) in [5.41, 5.74) is 0.322. The van der Waals surface area contributed by atoms with Gasteiger partial charge in [0.05, 0.1) is 12.1 Å². The second-order valence-corrected chi connectivity index (χ2v) is 4.79. The monoisotopic (exact) mass is 308 g/mol. The maximum Gasteiger partial charge on any atom is 0.335 e. The third-order valence-corrected chi connectivity index (χ3v) is 2.90. The molecule has 2 aromatic rings. The minimum Gasteiger partial charge on any atom is -0.478 e. The van der Waals surface area contributed by atoms with E-state index in [-0.39, 0.29) is 10.6 Å². The zero-order valence-corrected chi connectivity index (χ0v) is 11.9. The Balaban J connectivity index is 2.06. The molecule has 0 aliphatic heterocycles. The molecular formula is C13H13ClN4O3. The first-order chi connectivity index (χ1) is 9.95. The number of halogens is 1. The van der Waals surface area contributed by atoms with Crippen LogP contribution in [-0.4, -0.2) is 39.0 Å². The molecule has 0 unspecified atom stereocenters. The van der Waals surface area contributed by atoms with Gasteiger partial charge in [-0.3, -0.25) is 0 Å². The number of aromatic carboxylic acids is 1. The summed E-state index contributed by atoms with van der Waals surface area (Å²) in [5, 5.41) is 11.8. The van der Waals surface area contributed by atoms with E-state index >= 15 is 0 Å². The number of urea groups is 1. The van der Waals surface area contributed by atoms with Crippen LogP contribution in [0.4, 0.5) is 10.5 Å². The lowest BCUT2D eigenvalue weighted by molar-refractivity contribution is 0.0697. The zero-order valence-electron chi connectivity index (χ0n) is 11.1. The van der Waals surface area contributed by atoms with Crippen LogP contribution in [0.15, 0.2) is 30.6 Å². The molecule has 110 valence electrons. The number of aromatic amines is 1. The van der Waals surface area contributed by atoms with Gasteiger partial charge in [0.15, 0.2) is 0 Å². The Kier molecular flexibility index (Phi) is 4.44. The van der Waals surface area contributed by atoms with Crippen molar-refractivity contribution < 1.29 is 14.7 Å². The molecular weight excluding hydrogens is 296 g/mol. The molecule has 0 radical (unpaired) electrons. The summed E-state index contributed by atoms with van der Waals surface area (Å²) < 4.78 is 0. The van der Waals surface area contributed by atoms with Crippen molar-refractivity contribution in [2.24, 2.45) is 0 Å². The highest BCUT2D eigenvalue weighted by Crippen LogP contribution is 2.19. The summed E-state index contributed by atoms with van der Waals surface area (Å²) in [4.78, 5) is 31.3. The molecule has 21 heavy (non-hydrogen) atoms. The number of carboxylic acids is 1. The van der Waals surface area contributed by atoms with Crippen LogP contribution < -0.4 is 5.32 Å². The minimum absolute atomic E-state index is 0.00601. The second-order valence-electron chi connectivity index (χ2n) is 4.36. The van der Waals surface area contributed by atoms with Crippen LogP contribution in [-0.2, 0) is 6.54 Å². The van der Waals surface area contributed by atoms with Crippen LogP contribution in [0.2, 0.25) is 5.02 Å². The number of H-pyrrole nitrogens is 1. The summed E-state index contributed by atoms with van der Waals surface area (Å²) >= 11 is 5.83. The van der Waals surface area contributed by atoms with E-state index in [0.29, 0.717) is 18.1 Å². The number of rotatable bonds is 4. The molecule has 1 heterocycles. The van der Waals surface area contributed by atoms with E-state index in [2.05, 4.69) is 15.3 Å². The maximum atomic E-state index is 12.0. The van der Waals surface area contributed by atoms with E-state index in [1.54, 1.807) is 19.4 Å². The third-order valence-electron chi connectivity index (χ3n) is 2.68. The van der Waals surface area contributed by atoms with E-state index in [4.69, 9.17) is 16.7 Å². The Morgan fingerprint density at radius 1 is 1.43 bits per heavy atom. The number of aromatic nitrogens is 2. The molecule has 0 atom stereocenters. The number of anilines is 1. The summed E-state index contributed by atoms with van der Waals surface area (Å²) in [6, 6.07) is 3.73. The minimum atomic E-state index is -1.11. The van der Waals surface area contributed by atoms with Gasteiger partial charge in [0.2, 0.25) is 0 Å². The Bertz CT molecular complexity index is 657. The molecule has 0 fully saturated rings. The lowest BCUT2D eigenvalue weighted by atomic mass is 10.2. The molecule has 0 aliphatic rings. The Labute approximate surface area is 125 Å². The highest BCUT2D eigenvalue weighted by Gasteiger charge is 2.12. The lowest BCUT2D eigenvalue weighted by Crippen LogP contribution is -2.31. The van der Waals surface area contributed by atoms with Gasteiger partial charge in [-0.2, -0.15) is 0 Å². The SMILES string of the molecule is CN(Cc1ncc[nH]1)C(=O)Nc1cc(Cl)cc(C(=O)O)c1. The summed E-state index contributed by atoms with van der Waals surface area (Å²) in [7, 11) is 1.60. The smallest absolute Gasteiger partial charge is 0.335 e. The molecule has 3 N–H and O–H groups in total. The van der Waals surface area contributed by atoms with Crippen LogP contribution in [0.5, 0.6) is 0 Å². The number of carbonyl (C=O) groups excluding carboxylic acids is 1. The van der Waals surface area contributed by atoms with E-state index in [1.165, 1.54) is 23.1 Å². The topological polar surface area (TPSA) is 98.3 Å². The molecule has 0 spiro atoms. The largest absolute Gasteiger partial charge is 0.478 e. The highest BCUT2D eigenvalue weighted by atomic mass is 35.5. The van der Waals surface area contributed by atoms with Gasteiger partial charge in [-0.15, -0.1) is 0 Å². The molecule has 7 nitrogen and oxygen atoms in total. The Morgan fingerprint density at radius 2 is 2.19 bits per heavy atom. The van der Waals surface area contributed by atoms with Gasteiger partial charge in [0.1, 0.15) is 5.82 Å². The second kappa shape index (κ2) is 6.27. The van der Waals surface area contributed by atoms with E-state index < -0.39 is 12.0 Å². The predicted molar refractivity (Wildman–Crippen MR) is 77.5 cm³/mol. The summed E-state index contributed by atoms with van der Waals surface area (Å²) in [6.45, 7) is 0.297. The number of amides is 2. The highest BCUT2D eigenvalue weighted by molar-refractivity contribution is 6.31. The van der Waals surface area contributed by atoms with Crippen molar-refractivity contribution in [3.05, 3.63) is 47.0 Å². The molecule has 1 aromatic carbocycles. The van der Waals surface area contributed by atoms with E-state index in [1.807, 2.05) is 0 Å². The molecule has 1 aromatic heterocycles. The fourth-order valence-corrected chi connectivity index (χ4v) is 1.92. The molecule has 2 rings (SSSR count). The normalized spacial score (nSPS) is 10.2. The predicted octanol–water partition coefficient (Wildman–Crippen LogP) is 2.43. The molecule has 0 saturated carbocycles. The van der Waals surface area contributed by atoms with Gasteiger partial charge in [-0.1, -0.05) is 11.6 Å². The van der Waals surface area contributed by atoms with Crippen molar-refractivity contribution in [3.63, 3.8) is 0 Å². The quantitative estimate of drug-likeness (QED) is 0.807. The lowest BCUT2D eigenvalue weighted by Gasteiger charge is -2.17. The Hall–Kier alpha value is -2.54. The third kappa shape index (κ3) is 3.96. The number of imidazole rings is 1. The van der Waals surface area contributed by atoms with Gasteiger partial charge in [-0.25, -0.2) is 14.6 Å². The van der Waals surface area contributed by atoms with Crippen LogP contribution in [0.25, 0.3) is 0 Å². The van der Waals surface area contributed by atoms with Gasteiger partial charge in [0.25, 0.3) is 0 Å². The van der Waals surface area contributed by atoms with Crippen LogP contribution in [0, 0.1) is 0 Å². The van der Waals surface area contributed by atoms with E-state index in [9.17, 15) is 9.59 Å². The molecule has 0 aliphatic carbocycles. The van der Waals surface area contributed by atoms with Crippen molar-refractivity contribution in [1.82, 2.24) is 14.9 Å². The maximum absolute atomic E-state index is 12.0. The fourth-order valence-electron chi connectivity index (χ4n) is 1.69. The molecule has 8 heteroatoms. The molecule has 0 bridgehead atoms. The van der Waals surface area contributed by atoms with Crippen molar-refractivity contribution >= 4 is 29.3 Å². The van der Waals surface area contributed by atoms with Crippen molar-refractivity contribution in [2.45, 2.75) is 6.54 Å². The van der Waals surface area contributed by atoms with Gasteiger partial charge < -0.3 is 20.3 Å². The van der Waals surface area contributed by atoms with Crippen LogP contribution in [0.3, 0.4) is 0 Å². The van der Waals surface area contributed by atoms with Gasteiger partial charge >= 0.3 is 12.0 Å². The number of hydrogen-bond acceptors (Lipinski definition) is 3. The van der Waals surface area contributed by atoms with Crippen molar-refractivity contribution in [2.75, 3.05) is 12.4 Å². The standard InChI is InChI=1S/C13H13ClN4O3/c1-18(7-11-15-2-3-16-11)13(21)17-10-5-8(12(19)20)4-9(14)6-10/h2-6H,7H2,1H3,(H,15,16)(H,17,21)(H,19,20). The number of carbonyl (C=O) groups is 2. The number of hydrogen-bond donors (Lipinski definition) is 3. The Morgan fingerprint density at radius 3 is 2.81 bits per heavy atom. The molecule has 2 amide bonds. The number of benzene rings is 1. The summed E-state index contributed by atoms with van der Waals surface area (Å²) in [5.74, 6) is -0.470. The average Bonchev–Trinajstić information content (AvgIpc) is 2.90. The number of nitrogens with zero attached hydrogens (tertiary/aromatic N) is 2. The van der Waals surface area contributed by atoms with Crippen molar-refractivity contribution in [3.8, 4) is 0 Å². The average molecular weight is 309 g/mol. The summed E-state index contributed by atoms with van der Waals surface area (Å²) in [6.07, 6.45) is 3.26. The number of nitrogens with one attached hydrogen (secondary N) is 2. The van der Waals surface area contributed by atoms with Gasteiger partial charge in [-0.05, 0) is 18.2 Å². The molecule has 0 saturated heterocycles. The zero-order chi connectivity index (χ0) is 15.4. The number of carboxylic acid groups (broad SMARTS) is 1. The first kappa shape index (κ1) is 14.9. The van der Waals surface area contributed by atoms with Gasteiger partial charge in [0, 0.05) is 30.2 Å². The van der Waals surface area contributed by atoms with Crippen LogP contribution >= 0.6 is 11.6 Å². The van der Waals surface area contributed by atoms with Crippen LogP contribution in [0.1, 0.15) is 16.2 Å². The van der Waals surface area contributed by atoms with E-state index in [0.717, 1.165) is 0 Å². The fraction of sp³-hybridized carbons (Fsp3) is 0.154.